The fourth-order valence-electron chi connectivity index (χ4n) is 2.81. The molecular weight excluding hydrogens is 510 g/mol. The first-order valence-corrected chi connectivity index (χ1v) is 11.9. The third-order valence-electron chi connectivity index (χ3n) is 4.51. The fourth-order valence-corrected chi connectivity index (χ4v) is 4.01. The zero-order chi connectivity index (χ0) is 26.3. The number of sulfonamides is 1. The third-order valence-corrected chi connectivity index (χ3v) is 6.08. The van der Waals surface area contributed by atoms with Crippen LogP contribution in [0.5, 0.6) is 11.9 Å². The number of hydrogen-bond acceptors (Lipinski definition) is 10. The highest BCUT2D eigenvalue weighted by atomic mass is 32.2. The number of carbonyl (C=O) groups is 2. The number of methoxy groups -OCH3 is 3. The molecule has 0 bridgehead atoms. The average molecular weight is 532 g/mol. The predicted molar refractivity (Wildman–Crippen MR) is 134 cm³/mol. The molecule has 1 aromatic heterocycles. The molecule has 0 saturated carbocycles. The number of benzene rings is 2. The van der Waals surface area contributed by atoms with Crippen molar-refractivity contribution < 1.29 is 32.2 Å². The number of rotatable bonds is 8. The van der Waals surface area contributed by atoms with E-state index in [1.54, 1.807) is 6.07 Å². The second kappa shape index (κ2) is 11.4. The molecule has 36 heavy (non-hydrogen) atoms. The lowest BCUT2D eigenvalue weighted by Gasteiger charge is -2.12. The van der Waals surface area contributed by atoms with Crippen LogP contribution >= 0.6 is 12.2 Å². The van der Waals surface area contributed by atoms with Crippen molar-refractivity contribution >= 4 is 50.7 Å². The second-order valence-electron chi connectivity index (χ2n) is 6.89. The van der Waals surface area contributed by atoms with Gasteiger partial charge >= 0.3 is 12.0 Å². The van der Waals surface area contributed by atoms with Crippen LogP contribution in [0.15, 0.2) is 59.5 Å². The number of ether oxygens (including phenoxy) is 3. The minimum atomic E-state index is -4.00. The van der Waals surface area contributed by atoms with Gasteiger partial charge < -0.3 is 19.5 Å². The summed E-state index contributed by atoms with van der Waals surface area (Å²) in [6.07, 6.45) is 0. The number of carbonyl (C=O) groups excluding carboxylic acids is 2. The maximum Gasteiger partial charge on any atom is 0.337 e. The number of anilines is 2. The fraction of sp³-hybridized carbons (Fsp3) is 0.136. The lowest BCUT2D eigenvalue weighted by Crippen LogP contribution is -2.34. The number of aromatic nitrogens is 2. The van der Waals surface area contributed by atoms with Gasteiger partial charge in [0.15, 0.2) is 10.9 Å². The van der Waals surface area contributed by atoms with Gasteiger partial charge in [-0.05, 0) is 54.7 Å². The molecule has 0 atom stereocenters. The zero-order valence-corrected chi connectivity index (χ0v) is 20.9. The number of esters is 1. The van der Waals surface area contributed by atoms with E-state index in [1.807, 2.05) is 0 Å². The molecule has 0 aliphatic rings. The van der Waals surface area contributed by atoms with E-state index in [-0.39, 0.29) is 38.8 Å². The topological polar surface area (TPSA) is 158 Å². The molecule has 3 N–H and O–H groups in total. The quantitative estimate of drug-likeness (QED) is 0.289. The summed E-state index contributed by atoms with van der Waals surface area (Å²) in [6.45, 7) is 0. The van der Waals surface area contributed by atoms with Gasteiger partial charge in [-0.1, -0.05) is 6.07 Å². The molecule has 0 radical (unpaired) electrons. The van der Waals surface area contributed by atoms with Crippen molar-refractivity contribution in [3.05, 3.63) is 65.7 Å². The molecule has 12 nitrogen and oxygen atoms in total. The Hall–Kier alpha value is -4.30. The van der Waals surface area contributed by atoms with Gasteiger partial charge in [-0.15, -0.1) is 0 Å². The van der Waals surface area contributed by atoms with Crippen LogP contribution < -0.4 is 24.8 Å². The van der Waals surface area contributed by atoms with Crippen molar-refractivity contribution in [2.75, 3.05) is 31.4 Å². The van der Waals surface area contributed by atoms with Crippen LogP contribution in [0.25, 0.3) is 0 Å². The predicted octanol–water partition coefficient (Wildman–Crippen LogP) is 2.21. The normalized spacial score (nSPS) is 10.6. The van der Waals surface area contributed by atoms with Gasteiger partial charge in [0.2, 0.25) is 5.88 Å². The molecule has 3 rings (SSSR count). The molecule has 0 unspecified atom stereocenters. The molecule has 1 heterocycles. The molecule has 0 aliphatic carbocycles. The van der Waals surface area contributed by atoms with Crippen LogP contribution in [0.1, 0.15) is 20.7 Å². The van der Waals surface area contributed by atoms with E-state index in [9.17, 15) is 18.0 Å². The zero-order valence-electron chi connectivity index (χ0n) is 19.3. The summed E-state index contributed by atoms with van der Waals surface area (Å²) < 4.78 is 42.4. The van der Waals surface area contributed by atoms with Crippen molar-refractivity contribution in [1.29, 1.82) is 0 Å². The Kier molecular flexibility index (Phi) is 8.34. The van der Waals surface area contributed by atoms with Crippen LogP contribution in [0.2, 0.25) is 0 Å². The van der Waals surface area contributed by atoms with Crippen molar-refractivity contribution in [1.82, 2.24) is 15.3 Å². The van der Waals surface area contributed by atoms with Crippen molar-refractivity contribution in [3.8, 4) is 11.9 Å². The van der Waals surface area contributed by atoms with E-state index in [4.69, 9.17) is 21.7 Å². The Bertz CT molecular complexity index is 1370. The van der Waals surface area contributed by atoms with Crippen molar-refractivity contribution in [3.63, 3.8) is 0 Å². The minimum absolute atomic E-state index is 0.0302. The molecule has 0 saturated heterocycles. The van der Waals surface area contributed by atoms with E-state index in [2.05, 4.69) is 30.1 Å². The van der Waals surface area contributed by atoms with Crippen LogP contribution in [-0.2, 0) is 14.8 Å². The molecular formula is C22H21N5O7S2. The summed E-state index contributed by atoms with van der Waals surface area (Å²) in [5, 5.41) is 5.25. The molecule has 1 amide bonds. The van der Waals surface area contributed by atoms with E-state index >= 15 is 0 Å². The lowest BCUT2D eigenvalue weighted by atomic mass is 10.1. The molecule has 3 aromatic rings. The van der Waals surface area contributed by atoms with Gasteiger partial charge in [0, 0.05) is 17.3 Å². The first-order valence-electron chi connectivity index (χ1n) is 10.1. The molecule has 0 spiro atoms. The first-order chi connectivity index (χ1) is 17.1. The standard InChI is InChI=1S/C22H21N5O7S2/c1-32-18-12-17(24-21(25-18)34-3)27-36(30,31)16-9-7-15(8-10-16)23-22(35)26-19(28)13-5-4-6-14(11-13)20(29)33-2/h4-12H,1-3H3,(H,24,25,27)(H2,23,26,28,35). The highest BCUT2D eigenvalue weighted by Gasteiger charge is 2.17. The summed E-state index contributed by atoms with van der Waals surface area (Å²) in [5.74, 6) is -1.04. The SMILES string of the molecule is COC(=O)c1cccc(C(=O)NC(=S)Nc2ccc(S(=O)(=O)Nc3cc(OC)nc(OC)n3)cc2)c1. The summed E-state index contributed by atoms with van der Waals surface area (Å²) in [4.78, 5) is 31.9. The van der Waals surface area contributed by atoms with Gasteiger partial charge in [-0.3, -0.25) is 14.8 Å². The second-order valence-corrected chi connectivity index (χ2v) is 8.98. The molecule has 0 fully saturated rings. The van der Waals surface area contributed by atoms with E-state index < -0.39 is 21.9 Å². The molecule has 188 valence electrons. The van der Waals surface area contributed by atoms with Gasteiger partial charge in [0.05, 0.1) is 31.8 Å². The Labute approximate surface area is 212 Å². The largest absolute Gasteiger partial charge is 0.481 e. The van der Waals surface area contributed by atoms with Crippen LogP contribution in [0.3, 0.4) is 0 Å². The Morgan fingerprint density at radius 3 is 2.25 bits per heavy atom. The summed E-state index contributed by atoms with van der Waals surface area (Å²) in [5.41, 5.74) is 0.841. The molecule has 0 aliphatic heterocycles. The number of nitrogens with one attached hydrogen (secondary N) is 3. The Morgan fingerprint density at radius 2 is 1.61 bits per heavy atom. The Morgan fingerprint density at radius 1 is 0.917 bits per heavy atom. The van der Waals surface area contributed by atoms with Gasteiger partial charge in [-0.25, -0.2) is 13.2 Å². The lowest BCUT2D eigenvalue weighted by molar-refractivity contribution is 0.0600. The maximum absolute atomic E-state index is 12.7. The van der Waals surface area contributed by atoms with E-state index in [1.165, 1.54) is 69.9 Å². The Balaban J connectivity index is 1.65. The van der Waals surface area contributed by atoms with Crippen LogP contribution in [0, 0.1) is 0 Å². The number of thiocarbonyl (C=S) groups is 1. The highest BCUT2D eigenvalue weighted by Crippen LogP contribution is 2.21. The summed E-state index contributed by atoms with van der Waals surface area (Å²) >= 11 is 5.16. The van der Waals surface area contributed by atoms with Crippen molar-refractivity contribution in [2.24, 2.45) is 0 Å². The number of nitrogens with zero attached hydrogens (tertiary/aromatic N) is 2. The van der Waals surface area contributed by atoms with Gasteiger partial charge in [-0.2, -0.15) is 9.97 Å². The summed E-state index contributed by atoms with van der Waals surface area (Å²) in [7, 11) is -0.0439. The minimum Gasteiger partial charge on any atom is -0.481 e. The average Bonchev–Trinajstić information content (AvgIpc) is 2.87. The van der Waals surface area contributed by atoms with Gasteiger partial charge in [0.1, 0.15) is 0 Å². The third kappa shape index (κ3) is 6.64. The molecule has 2 aromatic carbocycles. The van der Waals surface area contributed by atoms with E-state index in [0.717, 1.165) is 0 Å². The van der Waals surface area contributed by atoms with Crippen molar-refractivity contribution in [2.45, 2.75) is 4.90 Å². The van der Waals surface area contributed by atoms with Crippen LogP contribution in [-0.4, -0.2) is 56.7 Å². The maximum atomic E-state index is 12.7. The van der Waals surface area contributed by atoms with Gasteiger partial charge in [0.25, 0.3) is 15.9 Å². The smallest absolute Gasteiger partial charge is 0.337 e. The molecule has 14 heteroatoms. The highest BCUT2D eigenvalue weighted by molar-refractivity contribution is 7.92. The first kappa shape index (κ1) is 26.3. The van der Waals surface area contributed by atoms with Crippen LogP contribution in [0.4, 0.5) is 11.5 Å². The summed E-state index contributed by atoms with van der Waals surface area (Å²) in [6, 6.07) is 12.8. The number of amides is 1. The monoisotopic (exact) mass is 531 g/mol. The number of hydrogen-bond donors (Lipinski definition) is 3. The van der Waals surface area contributed by atoms with E-state index in [0.29, 0.717) is 5.69 Å².